The average Bonchev–Trinajstić information content (AvgIpc) is 2.74. The van der Waals surface area contributed by atoms with Gasteiger partial charge in [0, 0.05) is 12.1 Å². The highest BCUT2D eigenvalue weighted by molar-refractivity contribution is 5.76. The minimum Gasteiger partial charge on any atom is -0.496 e. The molecule has 0 atom stereocenters. The van der Waals surface area contributed by atoms with Crippen molar-refractivity contribution in [3.05, 3.63) is 54.1 Å². The number of para-hydroxylation sites is 3. The number of nitrogens with zero attached hydrogens (tertiary/aromatic N) is 1. The zero-order chi connectivity index (χ0) is 19.8. The number of piperazine rings is 1. The maximum absolute atomic E-state index is 12.4. The van der Waals surface area contributed by atoms with Crippen molar-refractivity contribution in [1.29, 1.82) is 0 Å². The fourth-order valence-electron chi connectivity index (χ4n) is 3.57. The van der Waals surface area contributed by atoms with Gasteiger partial charge in [0.1, 0.15) is 11.5 Å². The first kappa shape index (κ1) is 20.0. The van der Waals surface area contributed by atoms with E-state index in [-0.39, 0.29) is 5.91 Å². The summed E-state index contributed by atoms with van der Waals surface area (Å²) in [5, 5.41) is 3.02. The number of carbonyl (C=O) groups is 1. The summed E-state index contributed by atoms with van der Waals surface area (Å²) in [6.07, 6.45) is 0. The summed E-state index contributed by atoms with van der Waals surface area (Å²) in [6, 6.07) is 15.9. The van der Waals surface area contributed by atoms with Gasteiger partial charge >= 0.3 is 0 Å². The van der Waals surface area contributed by atoms with Crippen molar-refractivity contribution in [3.63, 3.8) is 0 Å². The molecule has 1 fully saturated rings. The topological polar surface area (TPSA) is 55.2 Å². The van der Waals surface area contributed by atoms with Gasteiger partial charge in [-0.2, -0.15) is 0 Å². The summed E-state index contributed by atoms with van der Waals surface area (Å²) in [6.45, 7) is 7.35. The van der Waals surface area contributed by atoms with Crippen LogP contribution in [0.5, 0.6) is 11.5 Å². The number of methoxy groups -OCH3 is 1. The molecule has 1 aliphatic heterocycles. The second-order valence-corrected chi connectivity index (χ2v) is 6.90. The Morgan fingerprint density at radius 3 is 2.46 bits per heavy atom. The summed E-state index contributed by atoms with van der Waals surface area (Å²) in [5.74, 6) is 1.81. The van der Waals surface area contributed by atoms with Crippen LogP contribution in [0.2, 0.25) is 0 Å². The zero-order valence-corrected chi connectivity index (χ0v) is 16.7. The van der Waals surface area contributed by atoms with Gasteiger partial charge in [-0.25, -0.2) is 0 Å². The van der Waals surface area contributed by atoms with Crippen LogP contribution in [0.4, 0.5) is 5.69 Å². The second-order valence-electron chi connectivity index (χ2n) is 6.90. The van der Waals surface area contributed by atoms with E-state index in [1.54, 1.807) is 7.11 Å². The van der Waals surface area contributed by atoms with Crippen molar-refractivity contribution in [3.8, 4) is 11.5 Å². The minimum absolute atomic E-state index is 0.0732. The number of benzene rings is 2. The van der Waals surface area contributed by atoms with Gasteiger partial charge in [-0.1, -0.05) is 30.3 Å². The van der Waals surface area contributed by atoms with Crippen LogP contribution in [0.1, 0.15) is 12.5 Å². The van der Waals surface area contributed by atoms with Gasteiger partial charge in [0.2, 0.25) is 0 Å². The Labute approximate surface area is 167 Å². The van der Waals surface area contributed by atoms with Crippen LogP contribution in [0.25, 0.3) is 0 Å². The first-order valence-corrected chi connectivity index (χ1v) is 9.90. The van der Waals surface area contributed by atoms with E-state index in [0.29, 0.717) is 19.7 Å². The third-order valence-corrected chi connectivity index (χ3v) is 5.06. The molecule has 0 aromatic heterocycles. The summed E-state index contributed by atoms with van der Waals surface area (Å²) in [4.78, 5) is 16.0. The molecule has 0 aliphatic carbocycles. The number of carbonyl (C=O) groups excluding carboxylic acids is 1. The smallest absolute Gasteiger partial charge is 0.275 e. The molecule has 1 aliphatic rings. The van der Waals surface area contributed by atoms with Gasteiger partial charge in [0.25, 0.3) is 5.91 Å². The molecule has 6 nitrogen and oxygen atoms in total. The SMILES string of the molecule is CCOc1ccccc1N1CC[NH+](CC(=O)NCc2ccccc2OC)CC1. The Morgan fingerprint density at radius 2 is 1.75 bits per heavy atom. The average molecular weight is 385 g/mol. The Morgan fingerprint density at radius 1 is 1.07 bits per heavy atom. The maximum atomic E-state index is 12.4. The Bertz CT molecular complexity index is 773. The summed E-state index contributed by atoms with van der Waals surface area (Å²) in [7, 11) is 1.65. The van der Waals surface area contributed by atoms with Gasteiger partial charge in [-0.15, -0.1) is 0 Å². The molecule has 2 aromatic rings. The molecule has 3 rings (SSSR count). The number of anilines is 1. The lowest BCUT2D eigenvalue weighted by Crippen LogP contribution is -3.15. The monoisotopic (exact) mass is 384 g/mol. The van der Waals surface area contributed by atoms with Crippen LogP contribution >= 0.6 is 0 Å². The van der Waals surface area contributed by atoms with E-state index in [1.165, 1.54) is 4.90 Å². The normalized spacial score (nSPS) is 14.6. The van der Waals surface area contributed by atoms with E-state index in [1.807, 2.05) is 49.4 Å². The van der Waals surface area contributed by atoms with E-state index in [9.17, 15) is 4.79 Å². The van der Waals surface area contributed by atoms with Crippen LogP contribution in [0, 0.1) is 0 Å². The fourth-order valence-corrected chi connectivity index (χ4v) is 3.57. The molecule has 0 radical (unpaired) electrons. The third kappa shape index (κ3) is 5.16. The number of hydrogen-bond donors (Lipinski definition) is 2. The summed E-state index contributed by atoms with van der Waals surface area (Å²) in [5.41, 5.74) is 2.13. The van der Waals surface area contributed by atoms with Crippen molar-refractivity contribution in [2.24, 2.45) is 0 Å². The van der Waals surface area contributed by atoms with Gasteiger partial charge in [-0.05, 0) is 25.1 Å². The molecule has 2 N–H and O–H groups in total. The molecular formula is C22H30N3O3+. The predicted octanol–water partition coefficient (Wildman–Crippen LogP) is 1.12. The number of hydrogen-bond acceptors (Lipinski definition) is 4. The quantitative estimate of drug-likeness (QED) is 0.716. The molecule has 0 saturated carbocycles. The van der Waals surface area contributed by atoms with Crippen LogP contribution in [0.3, 0.4) is 0 Å². The van der Waals surface area contributed by atoms with Gasteiger partial charge in [0.05, 0.1) is 45.6 Å². The van der Waals surface area contributed by atoms with Crippen molar-refractivity contribution in [2.45, 2.75) is 13.5 Å². The fraction of sp³-hybridized carbons (Fsp3) is 0.409. The lowest BCUT2D eigenvalue weighted by Gasteiger charge is -2.34. The molecule has 1 saturated heterocycles. The zero-order valence-electron chi connectivity index (χ0n) is 16.7. The molecule has 28 heavy (non-hydrogen) atoms. The Balaban J connectivity index is 1.47. The minimum atomic E-state index is 0.0732. The number of quaternary nitrogens is 1. The number of ether oxygens (including phenoxy) is 2. The first-order chi connectivity index (χ1) is 13.7. The number of amides is 1. The standard InChI is InChI=1S/C22H29N3O3/c1-3-28-21-11-7-5-9-19(21)25-14-12-24(13-15-25)17-22(26)23-16-18-8-4-6-10-20(18)27-2/h4-11H,3,12-17H2,1-2H3,(H,23,26)/p+1. The summed E-state index contributed by atoms with van der Waals surface area (Å²) < 4.78 is 11.1. The molecule has 1 amide bonds. The summed E-state index contributed by atoms with van der Waals surface area (Å²) >= 11 is 0. The molecule has 0 spiro atoms. The van der Waals surface area contributed by atoms with E-state index in [0.717, 1.165) is 48.9 Å². The highest BCUT2D eigenvalue weighted by Gasteiger charge is 2.24. The van der Waals surface area contributed by atoms with Crippen LogP contribution in [-0.2, 0) is 11.3 Å². The van der Waals surface area contributed by atoms with Crippen molar-refractivity contribution < 1.29 is 19.2 Å². The Hall–Kier alpha value is -2.73. The largest absolute Gasteiger partial charge is 0.496 e. The molecule has 6 heteroatoms. The lowest BCUT2D eigenvalue weighted by molar-refractivity contribution is -0.892. The maximum Gasteiger partial charge on any atom is 0.275 e. The van der Waals surface area contributed by atoms with Gasteiger partial charge in [-0.3, -0.25) is 4.79 Å². The molecule has 1 heterocycles. The molecule has 2 aromatic carbocycles. The van der Waals surface area contributed by atoms with E-state index >= 15 is 0 Å². The molecule has 0 unspecified atom stereocenters. The van der Waals surface area contributed by atoms with Crippen molar-refractivity contribution >= 4 is 11.6 Å². The first-order valence-electron chi connectivity index (χ1n) is 9.90. The highest BCUT2D eigenvalue weighted by Crippen LogP contribution is 2.27. The molecule has 150 valence electrons. The predicted molar refractivity (Wildman–Crippen MR) is 110 cm³/mol. The van der Waals surface area contributed by atoms with Crippen LogP contribution in [0.15, 0.2) is 48.5 Å². The van der Waals surface area contributed by atoms with Crippen molar-refractivity contribution in [1.82, 2.24) is 5.32 Å². The Kier molecular flexibility index (Phi) is 7.14. The molecular weight excluding hydrogens is 354 g/mol. The number of rotatable bonds is 8. The van der Waals surface area contributed by atoms with Crippen LogP contribution in [-0.4, -0.2) is 52.3 Å². The van der Waals surface area contributed by atoms with Gasteiger partial charge < -0.3 is 24.6 Å². The van der Waals surface area contributed by atoms with Crippen LogP contribution < -0.4 is 24.6 Å². The van der Waals surface area contributed by atoms with E-state index in [4.69, 9.17) is 9.47 Å². The van der Waals surface area contributed by atoms with E-state index in [2.05, 4.69) is 16.3 Å². The highest BCUT2D eigenvalue weighted by atomic mass is 16.5. The van der Waals surface area contributed by atoms with Gasteiger partial charge in [0.15, 0.2) is 6.54 Å². The number of nitrogens with one attached hydrogen (secondary N) is 2. The van der Waals surface area contributed by atoms with E-state index < -0.39 is 0 Å². The molecule has 0 bridgehead atoms. The van der Waals surface area contributed by atoms with Crippen molar-refractivity contribution in [2.75, 3.05) is 51.3 Å². The lowest BCUT2D eigenvalue weighted by atomic mass is 10.2. The second kappa shape index (κ2) is 9.99. The third-order valence-electron chi connectivity index (χ3n) is 5.06.